The predicted octanol–water partition coefficient (Wildman–Crippen LogP) is 0.579. The number of carbonyl (C=O) groups is 2. The summed E-state index contributed by atoms with van der Waals surface area (Å²) in [4.78, 5) is 24.6. The highest BCUT2D eigenvalue weighted by atomic mass is 16.4. The highest BCUT2D eigenvalue weighted by Gasteiger charge is 2.35. The highest BCUT2D eigenvalue weighted by molar-refractivity contribution is 5.84. The second-order valence-corrected chi connectivity index (χ2v) is 5.14. The Morgan fingerprint density at radius 1 is 1.29 bits per heavy atom. The van der Waals surface area contributed by atoms with E-state index in [-0.39, 0.29) is 11.9 Å². The van der Waals surface area contributed by atoms with Gasteiger partial charge in [-0.1, -0.05) is 0 Å². The van der Waals surface area contributed by atoms with Crippen molar-refractivity contribution in [3.05, 3.63) is 0 Å². The molecule has 1 saturated heterocycles. The first-order valence-corrected chi connectivity index (χ1v) is 6.37. The number of nitrogens with two attached hydrogens (primary N) is 1. The number of likely N-dealkylation sites (tertiary alicyclic amines) is 1. The van der Waals surface area contributed by atoms with E-state index < -0.39 is 12.0 Å². The van der Waals surface area contributed by atoms with Crippen LogP contribution in [0.4, 0.5) is 0 Å². The van der Waals surface area contributed by atoms with Crippen LogP contribution in [0.2, 0.25) is 0 Å². The van der Waals surface area contributed by atoms with Crippen molar-refractivity contribution >= 4 is 11.9 Å². The molecule has 0 bridgehead atoms. The average Bonchev–Trinajstić information content (AvgIpc) is 3.12. The normalized spacial score (nSPS) is 26.6. The van der Waals surface area contributed by atoms with Gasteiger partial charge < -0.3 is 15.7 Å². The van der Waals surface area contributed by atoms with Crippen LogP contribution >= 0.6 is 0 Å². The summed E-state index contributed by atoms with van der Waals surface area (Å²) in [5, 5.41) is 9.09. The number of nitrogens with zero attached hydrogens (tertiary/aromatic N) is 1. The van der Waals surface area contributed by atoms with E-state index in [4.69, 9.17) is 10.8 Å². The van der Waals surface area contributed by atoms with Crippen molar-refractivity contribution in [3.8, 4) is 0 Å². The molecule has 1 saturated carbocycles. The van der Waals surface area contributed by atoms with E-state index >= 15 is 0 Å². The number of carbonyl (C=O) groups excluding carboxylic acids is 1. The Labute approximate surface area is 101 Å². The predicted molar refractivity (Wildman–Crippen MR) is 62.3 cm³/mol. The summed E-state index contributed by atoms with van der Waals surface area (Å²) < 4.78 is 0. The van der Waals surface area contributed by atoms with Crippen LogP contribution in [0.5, 0.6) is 0 Å². The molecule has 3 N–H and O–H groups in total. The Bertz CT molecular complexity index is 315. The number of carboxylic acid groups (broad SMARTS) is 1. The van der Waals surface area contributed by atoms with E-state index in [9.17, 15) is 9.59 Å². The summed E-state index contributed by atoms with van der Waals surface area (Å²) in [6, 6.07) is -0.721. The summed E-state index contributed by atoms with van der Waals surface area (Å²) in [6.07, 6.45) is 4.87. The lowest BCUT2D eigenvalue weighted by atomic mass is 10.0. The van der Waals surface area contributed by atoms with Crippen LogP contribution in [-0.2, 0) is 9.59 Å². The number of rotatable bonds is 4. The number of hydrogen-bond donors (Lipinski definition) is 2. The molecule has 5 heteroatoms. The number of carboxylic acids is 1. The fourth-order valence-corrected chi connectivity index (χ4v) is 2.50. The zero-order chi connectivity index (χ0) is 12.4. The molecule has 1 unspecified atom stereocenters. The van der Waals surface area contributed by atoms with Gasteiger partial charge in [0.25, 0.3) is 0 Å². The Balaban J connectivity index is 1.92. The number of amides is 1. The first-order valence-electron chi connectivity index (χ1n) is 6.37. The fourth-order valence-electron chi connectivity index (χ4n) is 2.50. The third-order valence-electron chi connectivity index (χ3n) is 3.75. The Morgan fingerprint density at radius 3 is 2.59 bits per heavy atom. The van der Waals surface area contributed by atoms with Crippen molar-refractivity contribution in [3.63, 3.8) is 0 Å². The number of aliphatic carboxylic acids is 1. The molecule has 1 aliphatic heterocycles. The molecular weight excluding hydrogens is 220 g/mol. The first-order chi connectivity index (χ1) is 8.09. The lowest BCUT2D eigenvalue weighted by Crippen LogP contribution is -2.49. The van der Waals surface area contributed by atoms with E-state index in [1.807, 2.05) is 0 Å². The van der Waals surface area contributed by atoms with Gasteiger partial charge in [0, 0.05) is 19.0 Å². The summed E-state index contributed by atoms with van der Waals surface area (Å²) >= 11 is 0. The van der Waals surface area contributed by atoms with Crippen molar-refractivity contribution in [1.29, 1.82) is 0 Å². The summed E-state index contributed by atoms with van der Waals surface area (Å²) in [7, 11) is 0. The van der Waals surface area contributed by atoms with Crippen molar-refractivity contribution in [2.45, 2.75) is 50.6 Å². The van der Waals surface area contributed by atoms with Gasteiger partial charge in [-0.05, 0) is 38.0 Å². The van der Waals surface area contributed by atoms with Gasteiger partial charge in [0.15, 0.2) is 0 Å². The molecule has 0 aromatic carbocycles. The zero-order valence-corrected chi connectivity index (χ0v) is 9.97. The molecule has 1 aliphatic carbocycles. The third-order valence-corrected chi connectivity index (χ3v) is 3.75. The van der Waals surface area contributed by atoms with Crippen LogP contribution in [0.25, 0.3) is 0 Å². The van der Waals surface area contributed by atoms with Crippen LogP contribution in [0.3, 0.4) is 0 Å². The average molecular weight is 240 g/mol. The smallest absolute Gasteiger partial charge is 0.326 e. The highest BCUT2D eigenvalue weighted by Crippen LogP contribution is 2.33. The summed E-state index contributed by atoms with van der Waals surface area (Å²) in [5.74, 6) is -0.499. The number of piperidine rings is 1. The van der Waals surface area contributed by atoms with Gasteiger partial charge in [-0.25, -0.2) is 4.79 Å². The van der Waals surface area contributed by atoms with Gasteiger partial charge in [-0.2, -0.15) is 0 Å². The van der Waals surface area contributed by atoms with Crippen molar-refractivity contribution < 1.29 is 14.7 Å². The van der Waals surface area contributed by atoms with Gasteiger partial charge in [0.2, 0.25) is 5.91 Å². The Hall–Kier alpha value is -1.10. The quantitative estimate of drug-likeness (QED) is 0.753. The van der Waals surface area contributed by atoms with Gasteiger partial charge in [0.1, 0.15) is 6.04 Å². The maximum atomic E-state index is 12.0. The third kappa shape index (κ3) is 2.97. The van der Waals surface area contributed by atoms with Gasteiger partial charge in [-0.3, -0.25) is 4.79 Å². The lowest BCUT2D eigenvalue weighted by molar-refractivity contribution is -0.152. The molecule has 2 fully saturated rings. The molecule has 1 amide bonds. The second-order valence-electron chi connectivity index (χ2n) is 5.14. The minimum Gasteiger partial charge on any atom is -0.480 e. The molecule has 96 valence electrons. The minimum atomic E-state index is -0.891. The minimum absolute atomic E-state index is 0.0844. The van der Waals surface area contributed by atoms with Crippen LogP contribution < -0.4 is 5.73 Å². The number of hydrogen-bond acceptors (Lipinski definition) is 3. The van der Waals surface area contributed by atoms with Crippen LogP contribution in [0.15, 0.2) is 0 Å². The largest absolute Gasteiger partial charge is 0.480 e. The molecule has 0 aromatic heterocycles. The standard InChI is InChI=1S/C12H20N2O3/c13-9(8-4-5-8)7-11(15)14-6-2-1-3-10(14)12(16)17/h8-10H,1-7,13H2,(H,16,17)/t9?,10-/m1/s1. The Morgan fingerprint density at radius 2 is 2.00 bits per heavy atom. The van der Waals surface area contributed by atoms with Gasteiger partial charge in [-0.15, -0.1) is 0 Å². The fraction of sp³-hybridized carbons (Fsp3) is 0.833. The van der Waals surface area contributed by atoms with E-state index in [1.165, 1.54) is 4.90 Å². The van der Waals surface area contributed by atoms with E-state index in [0.29, 0.717) is 25.3 Å². The van der Waals surface area contributed by atoms with Crippen molar-refractivity contribution in [2.24, 2.45) is 11.7 Å². The maximum absolute atomic E-state index is 12.0. The van der Waals surface area contributed by atoms with E-state index in [2.05, 4.69) is 0 Å². The zero-order valence-electron chi connectivity index (χ0n) is 9.97. The molecule has 0 radical (unpaired) electrons. The first kappa shape index (κ1) is 12.4. The second kappa shape index (κ2) is 5.04. The lowest BCUT2D eigenvalue weighted by Gasteiger charge is -2.33. The maximum Gasteiger partial charge on any atom is 0.326 e. The Kier molecular flexibility index (Phi) is 3.66. The van der Waals surface area contributed by atoms with Crippen LogP contribution in [0, 0.1) is 5.92 Å². The van der Waals surface area contributed by atoms with E-state index in [1.54, 1.807) is 0 Å². The molecule has 2 aliphatic rings. The van der Waals surface area contributed by atoms with Crippen LogP contribution in [0.1, 0.15) is 38.5 Å². The summed E-state index contributed by atoms with van der Waals surface area (Å²) in [6.45, 7) is 0.563. The molecular formula is C12H20N2O3. The van der Waals surface area contributed by atoms with E-state index in [0.717, 1.165) is 25.7 Å². The summed E-state index contributed by atoms with van der Waals surface area (Å²) in [5.41, 5.74) is 5.91. The molecule has 2 rings (SSSR count). The topological polar surface area (TPSA) is 83.6 Å². The molecule has 17 heavy (non-hydrogen) atoms. The SMILES string of the molecule is NC(CC(=O)N1CCCC[C@@H]1C(=O)O)C1CC1. The van der Waals surface area contributed by atoms with Gasteiger partial charge >= 0.3 is 5.97 Å². The van der Waals surface area contributed by atoms with Crippen molar-refractivity contribution in [1.82, 2.24) is 4.90 Å². The molecule has 1 heterocycles. The van der Waals surface area contributed by atoms with Gasteiger partial charge in [0.05, 0.1) is 0 Å². The monoisotopic (exact) mass is 240 g/mol. The molecule has 2 atom stereocenters. The van der Waals surface area contributed by atoms with Crippen LogP contribution in [-0.4, -0.2) is 40.5 Å². The molecule has 0 aromatic rings. The molecule has 0 spiro atoms. The molecule has 5 nitrogen and oxygen atoms in total. The van der Waals surface area contributed by atoms with Crippen molar-refractivity contribution in [2.75, 3.05) is 6.54 Å².